The third kappa shape index (κ3) is 1.96. The minimum Gasteiger partial charge on any atom is -0.206 e. The molecule has 21 heavy (non-hydrogen) atoms. The molecule has 3 aromatic carbocycles. The molecule has 0 saturated carbocycles. The average molecular weight is 297 g/mol. The van der Waals surface area contributed by atoms with Gasteiger partial charge >= 0.3 is 0 Å². The monoisotopic (exact) mass is 296 g/mol. The molecule has 1 aliphatic rings. The maximum atomic E-state index is 13.9. The highest BCUT2D eigenvalue weighted by atomic mass is 35.5. The van der Waals surface area contributed by atoms with Gasteiger partial charge in [0.05, 0.1) is 5.38 Å². The molecule has 3 aromatic rings. The molecular weight excluding hydrogens is 283 g/mol. The SMILES string of the molecule is Fc1ccc(C(Cl)C2Cc3ccccc32)c2ccccc12. The van der Waals surface area contributed by atoms with E-state index in [1.165, 1.54) is 17.2 Å². The molecule has 0 bridgehead atoms. The van der Waals surface area contributed by atoms with Gasteiger partial charge in [-0.1, -0.05) is 54.6 Å². The summed E-state index contributed by atoms with van der Waals surface area (Å²) in [4.78, 5) is 0. The molecule has 0 N–H and O–H groups in total. The van der Waals surface area contributed by atoms with Crippen LogP contribution in [0, 0.1) is 5.82 Å². The molecule has 0 heterocycles. The first-order valence-corrected chi connectivity index (χ1v) is 7.58. The number of alkyl halides is 1. The maximum absolute atomic E-state index is 13.9. The zero-order valence-electron chi connectivity index (χ0n) is 11.4. The predicted octanol–water partition coefficient (Wildman–Crippen LogP) is 5.60. The lowest BCUT2D eigenvalue weighted by Gasteiger charge is -2.34. The summed E-state index contributed by atoms with van der Waals surface area (Å²) in [5, 5.41) is 1.44. The van der Waals surface area contributed by atoms with Crippen LogP contribution in [-0.2, 0) is 6.42 Å². The fourth-order valence-corrected chi connectivity index (χ4v) is 3.72. The second-order valence-corrected chi connectivity index (χ2v) is 6.06. The van der Waals surface area contributed by atoms with E-state index < -0.39 is 0 Å². The van der Waals surface area contributed by atoms with Crippen molar-refractivity contribution in [3.05, 3.63) is 83.2 Å². The third-order valence-corrected chi connectivity index (χ3v) is 4.99. The molecule has 0 saturated heterocycles. The summed E-state index contributed by atoms with van der Waals surface area (Å²) in [7, 11) is 0. The van der Waals surface area contributed by atoms with Gasteiger partial charge in [-0.05, 0) is 34.6 Å². The fourth-order valence-electron chi connectivity index (χ4n) is 3.30. The lowest BCUT2D eigenvalue weighted by Crippen LogP contribution is -2.21. The van der Waals surface area contributed by atoms with Gasteiger partial charge in [-0.2, -0.15) is 0 Å². The van der Waals surface area contributed by atoms with Gasteiger partial charge in [0.25, 0.3) is 0 Å². The number of hydrogen-bond donors (Lipinski definition) is 0. The van der Waals surface area contributed by atoms with Crippen LogP contribution in [0.1, 0.15) is 28.0 Å². The summed E-state index contributed by atoms with van der Waals surface area (Å²) in [6.07, 6.45) is 0.996. The average Bonchev–Trinajstić information content (AvgIpc) is 2.49. The van der Waals surface area contributed by atoms with Crippen molar-refractivity contribution in [2.45, 2.75) is 17.7 Å². The highest BCUT2D eigenvalue weighted by molar-refractivity contribution is 6.22. The van der Waals surface area contributed by atoms with Gasteiger partial charge in [0.2, 0.25) is 0 Å². The largest absolute Gasteiger partial charge is 0.206 e. The van der Waals surface area contributed by atoms with Crippen molar-refractivity contribution in [3.8, 4) is 0 Å². The number of rotatable bonds is 2. The smallest absolute Gasteiger partial charge is 0.131 e. The van der Waals surface area contributed by atoms with Gasteiger partial charge in [-0.3, -0.25) is 0 Å². The van der Waals surface area contributed by atoms with Gasteiger partial charge in [-0.25, -0.2) is 4.39 Å². The summed E-state index contributed by atoms with van der Waals surface area (Å²) in [5.74, 6) is 0.129. The van der Waals surface area contributed by atoms with E-state index >= 15 is 0 Å². The lowest BCUT2D eigenvalue weighted by atomic mass is 9.74. The molecule has 0 radical (unpaired) electrons. The first-order valence-electron chi connectivity index (χ1n) is 7.15. The quantitative estimate of drug-likeness (QED) is 0.540. The third-order valence-electron chi connectivity index (χ3n) is 4.45. The van der Waals surface area contributed by atoms with Crippen molar-refractivity contribution >= 4 is 22.4 Å². The molecule has 2 unspecified atom stereocenters. The predicted molar refractivity (Wildman–Crippen MR) is 85.4 cm³/mol. The highest BCUT2D eigenvalue weighted by Crippen LogP contribution is 2.48. The Bertz CT molecular complexity index is 825. The normalized spacial score (nSPS) is 18.1. The van der Waals surface area contributed by atoms with Gasteiger partial charge in [0.1, 0.15) is 5.82 Å². The molecule has 1 aliphatic carbocycles. The number of benzene rings is 3. The summed E-state index contributed by atoms with van der Waals surface area (Å²) < 4.78 is 13.9. The van der Waals surface area contributed by atoms with E-state index in [9.17, 15) is 4.39 Å². The molecule has 0 amide bonds. The van der Waals surface area contributed by atoms with Crippen LogP contribution in [0.15, 0.2) is 60.7 Å². The Balaban J connectivity index is 1.80. The summed E-state index contributed by atoms with van der Waals surface area (Å²) in [5.41, 5.74) is 3.72. The Kier molecular flexibility index (Phi) is 2.97. The molecule has 0 aliphatic heterocycles. The van der Waals surface area contributed by atoms with Crippen LogP contribution in [-0.4, -0.2) is 0 Å². The molecule has 0 fully saturated rings. The number of halogens is 2. The lowest BCUT2D eigenvalue weighted by molar-refractivity contribution is 0.588. The topological polar surface area (TPSA) is 0 Å². The van der Waals surface area contributed by atoms with E-state index in [1.54, 1.807) is 0 Å². The van der Waals surface area contributed by atoms with Crippen molar-refractivity contribution in [2.75, 3.05) is 0 Å². The minimum atomic E-state index is -0.188. The Hall–Kier alpha value is -1.86. The Morgan fingerprint density at radius 3 is 2.43 bits per heavy atom. The van der Waals surface area contributed by atoms with Crippen LogP contribution in [0.25, 0.3) is 10.8 Å². The van der Waals surface area contributed by atoms with Gasteiger partial charge in [0.15, 0.2) is 0 Å². The van der Waals surface area contributed by atoms with Gasteiger partial charge in [0, 0.05) is 11.3 Å². The molecule has 0 aromatic heterocycles. The van der Waals surface area contributed by atoms with Gasteiger partial charge < -0.3 is 0 Å². The Morgan fingerprint density at radius 2 is 1.62 bits per heavy atom. The van der Waals surface area contributed by atoms with Crippen molar-refractivity contribution < 1.29 is 4.39 Å². The standard InChI is InChI=1S/C19H14ClF/c20-19(17-11-12-5-1-2-6-13(12)17)16-9-10-18(21)15-8-4-3-7-14(15)16/h1-10,17,19H,11H2. The zero-order chi connectivity index (χ0) is 14.4. The number of fused-ring (bicyclic) bond motifs is 2. The summed E-state index contributed by atoms with van der Waals surface area (Å²) >= 11 is 6.74. The maximum Gasteiger partial charge on any atom is 0.131 e. The molecule has 2 heteroatoms. The van der Waals surface area contributed by atoms with E-state index in [4.69, 9.17) is 11.6 Å². The summed E-state index contributed by atoms with van der Waals surface area (Å²) in [6, 6.07) is 19.3. The molecule has 104 valence electrons. The van der Waals surface area contributed by atoms with E-state index in [0.29, 0.717) is 11.3 Å². The first-order chi connectivity index (χ1) is 10.3. The van der Waals surface area contributed by atoms with Crippen LogP contribution in [0.2, 0.25) is 0 Å². The van der Waals surface area contributed by atoms with E-state index in [0.717, 1.165) is 17.4 Å². The van der Waals surface area contributed by atoms with E-state index in [-0.39, 0.29) is 11.2 Å². The van der Waals surface area contributed by atoms with Crippen LogP contribution in [0.3, 0.4) is 0 Å². The van der Waals surface area contributed by atoms with E-state index in [1.807, 2.05) is 30.3 Å². The second-order valence-electron chi connectivity index (χ2n) is 5.59. The van der Waals surface area contributed by atoms with Crippen LogP contribution < -0.4 is 0 Å². The molecule has 0 spiro atoms. The van der Waals surface area contributed by atoms with Crippen molar-refractivity contribution in [3.63, 3.8) is 0 Å². The second kappa shape index (κ2) is 4.85. The minimum absolute atomic E-state index is 0.120. The van der Waals surface area contributed by atoms with Crippen LogP contribution in [0.5, 0.6) is 0 Å². The van der Waals surface area contributed by atoms with Crippen LogP contribution in [0.4, 0.5) is 4.39 Å². The Labute approximate surface area is 128 Å². The zero-order valence-corrected chi connectivity index (χ0v) is 12.1. The molecule has 2 atom stereocenters. The molecule has 0 nitrogen and oxygen atoms in total. The van der Waals surface area contributed by atoms with E-state index in [2.05, 4.69) is 24.3 Å². The molecule has 4 rings (SSSR count). The van der Waals surface area contributed by atoms with Crippen LogP contribution >= 0.6 is 11.6 Å². The summed E-state index contributed by atoms with van der Waals surface area (Å²) in [6.45, 7) is 0. The first kappa shape index (κ1) is 12.8. The van der Waals surface area contributed by atoms with Gasteiger partial charge in [-0.15, -0.1) is 11.6 Å². The number of hydrogen-bond acceptors (Lipinski definition) is 0. The van der Waals surface area contributed by atoms with Crippen molar-refractivity contribution in [1.29, 1.82) is 0 Å². The molecular formula is C19H14ClF. The van der Waals surface area contributed by atoms with Crippen molar-refractivity contribution in [1.82, 2.24) is 0 Å². The fraction of sp³-hybridized carbons (Fsp3) is 0.158. The highest BCUT2D eigenvalue weighted by Gasteiger charge is 2.33. The van der Waals surface area contributed by atoms with Crippen molar-refractivity contribution in [2.24, 2.45) is 0 Å². The Morgan fingerprint density at radius 1 is 0.905 bits per heavy atom.